The summed E-state index contributed by atoms with van der Waals surface area (Å²) in [5, 5.41) is 0. The summed E-state index contributed by atoms with van der Waals surface area (Å²) in [6.45, 7) is 8.13. The van der Waals surface area contributed by atoms with Crippen molar-refractivity contribution in [2.24, 2.45) is 11.8 Å². The second-order valence-corrected chi connectivity index (χ2v) is 6.44. The Bertz CT molecular complexity index is 288. The Morgan fingerprint density at radius 1 is 1.05 bits per heavy atom. The standard InChI is InChI=1S/C18H32O2/c1-4-5-6-7-8-16-9-11-17(12-10-16)13-14-20-18(19)15(2)3/h16-17H,2,4-14H2,1,3H3. The first kappa shape index (κ1) is 17.3. The number of unbranched alkanes of at least 4 members (excludes halogenated alkanes) is 3. The van der Waals surface area contributed by atoms with Gasteiger partial charge in [-0.1, -0.05) is 71.3 Å². The van der Waals surface area contributed by atoms with Gasteiger partial charge in [-0.3, -0.25) is 0 Å². The Labute approximate surface area is 125 Å². The summed E-state index contributed by atoms with van der Waals surface area (Å²) < 4.78 is 5.19. The molecule has 0 atom stereocenters. The molecule has 0 aromatic rings. The molecule has 20 heavy (non-hydrogen) atoms. The average molecular weight is 280 g/mol. The summed E-state index contributed by atoms with van der Waals surface area (Å²) in [5.41, 5.74) is 0.501. The minimum atomic E-state index is -0.241. The van der Waals surface area contributed by atoms with E-state index in [1.807, 2.05) is 0 Å². The highest BCUT2D eigenvalue weighted by atomic mass is 16.5. The van der Waals surface area contributed by atoms with E-state index in [1.165, 1.54) is 57.8 Å². The highest BCUT2D eigenvalue weighted by Crippen LogP contribution is 2.33. The van der Waals surface area contributed by atoms with Crippen LogP contribution < -0.4 is 0 Å². The number of carbonyl (C=O) groups is 1. The SMILES string of the molecule is C=C(C)C(=O)OCCC1CCC(CCCCCC)CC1. The fourth-order valence-corrected chi connectivity index (χ4v) is 3.11. The summed E-state index contributed by atoms with van der Waals surface area (Å²) in [5.74, 6) is 1.48. The maximum absolute atomic E-state index is 11.3. The normalized spacial score (nSPS) is 22.5. The van der Waals surface area contributed by atoms with Crippen molar-refractivity contribution < 1.29 is 9.53 Å². The van der Waals surface area contributed by atoms with E-state index in [1.54, 1.807) is 6.92 Å². The quantitative estimate of drug-likeness (QED) is 0.326. The molecule has 0 amide bonds. The van der Waals surface area contributed by atoms with Crippen molar-refractivity contribution >= 4 is 5.97 Å². The van der Waals surface area contributed by atoms with Gasteiger partial charge in [-0.2, -0.15) is 0 Å². The van der Waals surface area contributed by atoms with Gasteiger partial charge in [-0.25, -0.2) is 4.79 Å². The summed E-state index contributed by atoms with van der Waals surface area (Å²) in [7, 11) is 0. The number of esters is 1. The van der Waals surface area contributed by atoms with Gasteiger partial charge in [0.05, 0.1) is 6.61 Å². The Morgan fingerprint density at radius 3 is 2.20 bits per heavy atom. The van der Waals surface area contributed by atoms with Gasteiger partial charge in [0.15, 0.2) is 0 Å². The van der Waals surface area contributed by atoms with Gasteiger partial charge in [0, 0.05) is 5.57 Å². The monoisotopic (exact) mass is 280 g/mol. The maximum Gasteiger partial charge on any atom is 0.333 e. The van der Waals surface area contributed by atoms with Gasteiger partial charge in [-0.05, 0) is 25.2 Å². The lowest BCUT2D eigenvalue weighted by atomic mass is 9.78. The van der Waals surface area contributed by atoms with Crippen LogP contribution in [-0.4, -0.2) is 12.6 Å². The van der Waals surface area contributed by atoms with Crippen LogP contribution in [0.1, 0.15) is 78.1 Å². The zero-order valence-corrected chi connectivity index (χ0v) is 13.5. The third-order valence-electron chi connectivity index (χ3n) is 4.54. The molecule has 1 aliphatic rings. The van der Waals surface area contributed by atoms with Crippen molar-refractivity contribution in [3.63, 3.8) is 0 Å². The molecule has 0 radical (unpaired) electrons. The predicted molar refractivity (Wildman–Crippen MR) is 84.6 cm³/mol. The molecule has 1 saturated carbocycles. The van der Waals surface area contributed by atoms with Crippen LogP contribution in [0.4, 0.5) is 0 Å². The zero-order valence-electron chi connectivity index (χ0n) is 13.5. The third kappa shape index (κ3) is 7.12. The maximum atomic E-state index is 11.3. The molecule has 1 rings (SSSR count). The predicted octanol–water partition coefficient (Wildman–Crippen LogP) is 5.27. The number of hydrogen-bond donors (Lipinski definition) is 0. The summed E-state index contributed by atoms with van der Waals surface area (Å²) in [4.78, 5) is 11.3. The Balaban J connectivity index is 2.04. The lowest BCUT2D eigenvalue weighted by molar-refractivity contribution is -0.139. The van der Waals surface area contributed by atoms with Crippen molar-refractivity contribution in [1.82, 2.24) is 0 Å². The number of carbonyl (C=O) groups excluding carboxylic acids is 1. The highest BCUT2D eigenvalue weighted by Gasteiger charge is 2.21. The molecule has 0 aliphatic heterocycles. The van der Waals surface area contributed by atoms with Crippen LogP contribution in [0.2, 0.25) is 0 Å². The van der Waals surface area contributed by atoms with E-state index >= 15 is 0 Å². The summed E-state index contributed by atoms with van der Waals surface area (Å²) in [6, 6.07) is 0. The molecule has 0 bridgehead atoms. The molecule has 2 heteroatoms. The number of hydrogen-bond acceptors (Lipinski definition) is 2. The van der Waals surface area contributed by atoms with Gasteiger partial charge >= 0.3 is 5.97 Å². The van der Waals surface area contributed by atoms with Gasteiger partial charge in [0.2, 0.25) is 0 Å². The van der Waals surface area contributed by atoms with Crippen molar-refractivity contribution in [3.05, 3.63) is 12.2 Å². The first-order valence-electron chi connectivity index (χ1n) is 8.46. The van der Waals surface area contributed by atoms with E-state index in [4.69, 9.17) is 4.74 Å². The fourth-order valence-electron chi connectivity index (χ4n) is 3.11. The summed E-state index contributed by atoms with van der Waals surface area (Å²) >= 11 is 0. The van der Waals surface area contributed by atoms with Gasteiger partial charge in [-0.15, -0.1) is 0 Å². The molecule has 0 heterocycles. The van der Waals surface area contributed by atoms with E-state index in [-0.39, 0.29) is 5.97 Å². The van der Waals surface area contributed by atoms with E-state index < -0.39 is 0 Å². The van der Waals surface area contributed by atoms with Crippen LogP contribution in [0.15, 0.2) is 12.2 Å². The van der Waals surface area contributed by atoms with Crippen molar-refractivity contribution in [2.45, 2.75) is 78.1 Å². The first-order chi connectivity index (χ1) is 9.63. The third-order valence-corrected chi connectivity index (χ3v) is 4.54. The average Bonchev–Trinajstić information content (AvgIpc) is 2.45. The second-order valence-electron chi connectivity index (χ2n) is 6.44. The Kier molecular flexibility index (Phi) is 8.64. The molecule has 0 saturated heterocycles. The first-order valence-corrected chi connectivity index (χ1v) is 8.46. The van der Waals surface area contributed by atoms with Gasteiger partial charge in [0.1, 0.15) is 0 Å². The molecule has 2 nitrogen and oxygen atoms in total. The molecule has 1 aliphatic carbocycles. The molecular weight excluding hydrogens is 248 g/mol. The van der Waals surface area contributed by atoms with Crippen molar-refractivity contribution in [3.8, 4) is 0 Å². The van der Waals surface area contributed by atoms with E-state index in [0.717, 1.165) is 18.3 Å². The van der Waals surface area contributed by atoms with Crippen LogP contribution in [0, 0.1) is 11.8 Å². The Hall–Kier alpha value is -0.790. The molecule has 0 unspecified atom stereocenters. The lowest BCUT2D eigenvalue weighted by Crippen LogP contribution is -2.17. The Morgan fingerprint density at radius 2 is 1.65 bits per heavy atom. The molecule has 0 aromatic carbocycles. The summed E-state index contributed by atoms with van der Waals surface area (Å²) in [6.07, 6.45) is 13.4. The highest BCUT2D eigenvalue weighted by molar-refractivity contribution is 5.86. The lowest BCUT2D eigenvalue weighted by Gasteiger charge is -2.28. The van der Waals surface area contributed by atoms with Crippen LogP contribution >= 0.6 is 0 Å². The van der Waals surface area contributed by atoms with Crippen LogP contribution in [0.5, 0.6) is 0 Å². The second kappa shape index (κ2) is 10.0. The number of rotatable bonds is 9. The van der Waals surface area contributed by atoms with E-state index in [2.05, 4.69) is 13.5 Å². The van der Waals surface area contributed by atoms with Crippen LogP contribution in [-0.2, 0) is 9.53 Å². The minimum absolute atomic E-state index is 0.241. The number of ether oxygens (including phenoxy) is 1. The minimum Gasteiger partial charge on any atom is -0.462 e. The van der Waals surface area contributed by atoms with Crippen LogP contribution in [0.25, 0.3) is 0 Å². The molecule has 0 N–H and O–H groups in total. The topological polar surface area (TPSA) is 26.3 Å². The molecular formula is C18H32O2. The van der Waals surface area contributed by atoms with Crippen molar-refractivity contribution in [2.75, 3.05) is 6.61 Å². The fraction of sp³-hybridized carbons (Fsp3) is 0.833. The van der Waals surface area contributed by atoms with Crippen LogP contribution in [0.3, 0.4) is 0 Å². The molecule has 0 spiro atoms. The molecule has 1 fully saturated rings. The van der Waals surface area contributed by atoms with E-state index in [0.29, 0.717) is 12.2 Å². The largest absolute Gasteiger partial charge is 0.462 e. The molecule has 0 aromatic heterocycles. The molecule has 116 valence electrons. The smallest absolute Gasteiger partial charge is 0.333 e. The van der Waals surface area contributed by atoms with E-state index in [9.17, 15) is 4.79 Å². The van der Waals surface area contributed by atoms with Crippen molar-refractivity contribution in [1.29, 1.82) is 0 Å². The van der Waals surface area contributed by atoms with Gasteiger partial charge < -0.3 is 4.74 Å². The zero-order chi connectivity index (χ0) is 14.8. The van der Waals surface area contributed by atoms with Gasteiger partial charge in [0.25, 0.3) is 0 Å².